The molecule has 1 unspecified atom stereocenters. The number of aliphatic hydroxyl groups is 1. The van der Waals surface area contributed by atoms with Gasteiger partial charge in [0.25, 0.3) is 0 Å². The van der Waals surface area contributed by atoms with Crippen LogP contribution >= 0.6 is 0 Å². The van der Waals surface area contributed by atoms with Crippen LogP contribution < -0.4 is 5.32 Å². The van der Waals surface area contributed by atoms with E-state index in [4.69, 9.17) is 0 Å². The van der Waals surface area contributed by atoms with Gasteiger partial charge < -0.3 is 10.4 Å². The maximum Gasteiger partial charge on any atom is 0.421 e. The Balaban J connectivity index is 1.42. The summed E-state index contributed by atoms with van der Waals surface area (Å²) in [5.74, 6) is 0.0204. The molecule has 6 nitrogen and oxygen atoms in total. The van der Waals surface area contributed by atoms with Crippen LogP contribution in [0.15, 0.2) is 73.1 Å². The fourth-order valence-electron chi connectivity index (χ4n) is 4.77. The number of hydrogen-bond donors (Lipinski definition) is 2. The van der Waals surface area contributed by atoms with Crippen molar-refractivity contribution >= 4 is 5.91 Å². The van der Waals surface area contributed by atoms with Crippen LogP contribution in [-0.2, 0) is 23.5 Å². The van der Waals surface area contributed by atoms with Gasteiger partial charge in [-0.3, -0.25) is 19.6 Å². The molecular formula is C30H35F3N4O2. The number of aromatic nitrogens is 1. The van der Waals surface area contributed by atoms with Gasteiger partial charge in [-0.15, -0.1) is 0 Å². The average Bonchev–Trinajstić information content (AvgIpc) is 2.89. The van der Waals surface area contributed by atoms with Crippen molar-refractivity contribution in [2.24, 2.45) is 0 Å². The minimum absolute atomic E-state index is 0.0204. The Labute approximate surface area is 227 Å². The molecule has 4 rings (SSSR count). The number of piperazine rings is 1. The minimum atomic E-state index is -4.75. The summed E-state index contributed by atoms with van der Waals surface area (Å²) < 4.78 is 39.4. The summed E-state index contributed by atoms with van der Waals surface area (Å²) in [7, 11) is 0. The van der Waals surface area contributed by atoms with Crippen molar-refractivity contribution in [2.45, 2.75) is 57.7 Å². The van der Waals surface area contributed by atoms with Crippen molar-refractivity contribution in [2.75, 3.05) is 19.6 Å². The van der Waals surface area contributed by atoms with Crippen molar-refractivity contribution in [3.63, 3.8) is 0 Å². The van der Waals surface area contributed by atoms with Crippen LogP contribution in [-0.4, -0.2) is 63.7 Å². The number of carbonyl (C=O) groups is 1. The van der Waals surface area contributed by atoms with E-state index in [1.54, 1.807) is 24.5 Å². The first-order chi connectivity index (χ1) is 18.4. The highest BCUT2D eigenvalue weighted by atomic mass is 19.4. The number of benzene rings is 2. The zero-order valence-electron chi connectivity index (χ0n) is 22.4. The third kappa shape index (κ3) is 7.03. The Morgan fingerprint density at radius 2 is 1.51 bits per heavy atom. The van der Waals surface area contributed by atoms with Crippen molar-refractivity contribution in [3.8, 4) is 11.1 Å². The summed E-state index contributed by atoms with van der Waals surface area (Å²) in [6.45, 7) is 8.21. The number of hydrogen-bond acceptors (Lipinski definition) is 5. The number of nitrogens with zero attached hydrogens (tertiary/aromatic N) is 3. The first-order valence-corrected chi connectivity index (χ1v) is 13.1. The average molecular weight is 541 g/mol. The molecule has 3 aromatic rings. The van der Waals surface area contributed by atoms with Gasteiger partial charge >= 0.3 is 6.18 Å². The highest BCUT2D eigenvalue weighted by Gasteiger charge is 2.51. The predicted octanol–water partition coefficient (Wildman–Crippen LogP) is 4.73. The summed E-state index contributed by atoms with van der Waals surface area (Å²) in [5.41, 5.74) is 0.732. The minimum Gasteiger partial charge on any atom is -0.376 e. The lowest BCUT2D eigenvalue weighted by molar-refractivity contribution is -0.258. The van der Waals surface area contributed by atoms with Crippen LogP contribution in [0, 0.1) is 0 Å². The van der Waals surface area contributed by atoms with Crippen LogP contribution in [0.25, 0.3) is 11.1 Å². The van der Waals surface area contributed by atoms with Crippen LogP contribution in [0.2, 0.25) is 0 Å². The predicted molar refractivity (Wildman–Crippen MR) is 144 cm³/mol. The molecule has 2 aromatic carbocycles. The first-order valence-electron chi connectivity index (χ1n) is 13.1. The number of amides is 1. The molecule has 208 valence electrons. The van der Waals surface area contributed by atoms with Gasteiger partial charge in [-0.25, -0.2) is 0 Å². The Morgan fingerprint density at radius 1 is 0.949 bits per heavy atom. The summed E-state index contributed by atoms with van der Waals surface area (Å²) >= 11 is 0. The molecule has 2 N–H and O–H groups in total. The van der Waals surface area contributed by atoms with E-state index in [0.717, 1.165) is 42.3 Å². The van der Waals surface area contributed by atoms with E-state index in [-0.39, 0.29) is 23.6 Å². The monoisotopic (exact) mass is 540 g/mol. The van der Waals surface area contributed by atoms with Crippen molar-refractivity contribution < 1.29 is 23.1 Å². The first kappa shape index (κ1) is 28.7. The van der Waals surface area contributed by atoms with Crippen LogP contribution in [0.5, 0.6) is 0 Å². The number of alkyl halides is 3. The second kappa shape index (κ2) is 11.9. The van der Waals surface area contributed by atoms with Gasteiger partial charge in [0.15, 0.2) is 5.60 Å². The van der Waals surface area contributed by atoms with Gasteiger partial charge in [-0.1, -0.05) is 48.5 Å². The third-order valence-electron chi connectivity index (χ3n) is 7.14. The molecule has 1 fully saturated rings. The molecule has 2 heterocycles. The molecule has 0 saturated carbocycles. The second-order valence-electron chi connectivity index (χ2n) is 10.6. The fourth-order valence-corrected chi connectivity index (χ4v) is 4.77. The zero-order valence-corrected chi connectivity index (χ0v) is 22.4. The molecule has 0 spiro atoms. The van der Waals surface area contributed by atoms with Gasteiger partial charge in [0.1, 0.15) is 6.04 Å². The lowest BCUT2D eigenvalue weighted by atomic mass is 9.93. The Morgan fingerprint density at radius 3 is 2.08 bits per heavy atom. The van der Waals surface area contributed by atoms with E-state index in [9.17, 15) is 23.1 Å². The molecule has 1 aliphatic rings. The zero-order chi connectivity index (χ0) is 28.2. The number of nitrogens with one attached hydrogen (secondary N) is 1. The normalized spacial score (nSPS) is 18.6. The second-order valence-corrected chi connectivity index (χ2v) is 10.6. The highest BCUT2D eigenvalue weighted by Crippen LogP contribution is 2.39. The SMILES string of the molecule is CC(C)NC(=O)[C@@H]1CN(Cc2ccc(-c3ccc(C(C)(O)C(F)(F)F)cc3)cc2)CCN1Cc1ccncc1. The van der Waals surface area contributed by atoms with E-state index < -0.39 is 11.8 Å². The molecule has 39 heavy (non-hydrogen) atoms. The molecule has 2 atom stereocenters. The number of pyridine rings is 1. The Kier molecular flexibility index (Phi) is 8.73. The number of rotatable bonds is 8. The largest absolute Gasteiger partial charge is 0.421 e. The summed E-state index contributed by atoms with van der Waals surface area (Å²) in [4.78, 5) is 21.7. The van der Waals surface area contributed by atoms with E-state index in [1.807, 2.05) is 50.2 Å². The molecule has 0 bridgehead atoms. The molecule has 0 radical (unpaired) electrons. The van der Waals surface area contributed by atoms with E-state index in [2.05, 4.69) is 20.1 Å². The van der Waals surface area contributed by atoms with E-state index >= 15 is 0 Å². The number of halogens is 3. The Hall–Kier alpha value is -3.27. The maximum absolute atomic E-state index is 13.1. The summed E-state index contributed by atoms with van der Waals surface area (Å²) in [6, 6.07) is 17.4. The molecule has 1 saturated heterocycles. The van der Waals surface area contributed by atoms with E-state index in [0.29, 0.717) is 19.6 Å². The van der Waals surface area contributed by atoms with Gasteiger partial charge in [0, 0.05) is 51.2 Å². The van der Waals surface area contributed by atoms with Crippen LogP contribution in [0.4, 0.5) is 13.2 Å². The van der Waals surface area contributed by atoms with Crippen LogP contribution in [0.3, 0.4) is 0 Å². The maximum atomic E-state index is 13.1. The van der Waals surface area contributed by atoms with Gasteiger partial charge in [-0.2, -0.15) is 13.2 Å². The van der Waals surface area contributed by atoms with Crippen molar-refractivity contribution in [1.82, 2.24) is 20.1 Å². The molecule has 9 heteroatoms. The van der Waals surface area contributed by atoms with Gasteiger partial charge in [0.2, 0.25) is 5.91 Å². The van der Waals surface area contributed by atoms with Gasteiger partial charge in [-0.05, 0) is 60.7 Å². The van der Waals surface area contributed by atoms with Crippen molar-refractivity contribution in [3.05, 3.63) is 89.7 Å². The quantitative estimate of drug-likeness (QED) is 0.433. The van der Waals surface area contributed by atoms with Gasteiger partial charge in [0.05, 0.1) is 0 Å². The molecule has 1 aliphatic heterocycles. The van der Waals surface area contributed by atoms with Crippen molar-refractivity contribution in [1.29, 1.82) is 0 Å². The Bertz CT molecular complexity index is 1230. The molecule has 1 amide bonds. The lowest BCUT2D eigenvalue weighted by Crippen LogP contribution is -2.59. The molecule has 0 aliphatic carbocycles. The van der Waals surface area contributed by atoms with Crippen LogP contribution in [0.1, 0.15) is 37.5 Å². The summed E-state index contributed by atoms with van der Waals surface area (Å²) in [6.07, 6.45) is -1.23. The fraction of sp³-hybridized carbons (Fsp3) is 0.400. The topological polar surface area (TPSA) is 68.7 Å². The molecule has 1 aromatic heterocycles. The molecular weight excluding hydrogens is 505 g/mol. The van der Waals surface area contributed by atoms with E-state index in [1.165, 1.54) is 12.1 Å². The third-order valence-corrected chi connectivity index (χ3v) is 7.14. The highest BCUT2D eigenvalue weighted by molar-refractivity contribution is 5.82. The lowest BCUT2D eigenvalue weighted by Gasteiger charge is -2.41. The summed E-state index contributed by atoms with van der Waals surface area (Å²) in [5, 5.41) is 13.0. The standard InChI is InChI=1S/C30H35F3N4O2/c1-21(2)35-28(38)27-20-36(16-17-37(27)19-23-12-14-34-15-13-23)18-22-4-6-24(7-5-22)25-8-10-26(11-9-25)29(3,39)30(31,32)33/h4-15,21,27,39H,16-20H2,1-3H3,(H,35,38)/t27-,29?/m0/s1. The number of carbonyl (C=O) groups excluding carboxylic acids is 1. The smallest absolute Gasteiger partial charge is 0.376 e.